The third-order valence-corrected chi connectivity index (χ3v) is 4.78. The van der Waals surface area contributed by atoms with Gasteiger partial charge < -0.3 is 19.5 Å². The van der Waals surface area contributed by atoms with Crippen molar-refractivity contribution < 1.29 is 23.8 Å². The molecule has 3 rings (SSSR count). The molecule has 6 nitrogen and oxygen atoms in total. The Bertz CT molecular complexity index is 866. The number of hydrogen-bond donors (Lipinski definition) is 1. The fourth-order valence-electron chi connectivity index (χ4n) is 3.13. The van der Waals surface area contributed by atoms with Crippen LogP contribution >= 0.6 is 11.6 Å². The van der Waals surface area contributed by atoms with Crippen molar-refractivity contribution >= 4 is 29.2 Å². The molecule has 0 saturated heterocycles. The lowest BCUT2D eigenvalue weighted by Crippen LogP contribution is -2.26. The molecule has 0 aliphatic carbocycles. The molecular weight excluding hydrogens is 394 g/mol. The van der Waals surface area contributed by atoms with E-state index in [9.17, 15) is 9.59 Å². The highest BCUT2D eigenvalue weighted by molar-refractivity contribution is 6.30. The molecule has 7 heteroatoms. The largest absolute Gasteiger partial charge is 0.490 e. The van der Waals surface area contributed by atoms with Crippen LogP contribution in [0.15, 0.2) is 42.5 Å². The van der Waals surface area contributed by atoms with Crippen LogP contribution in [0, 0.1) is 5.92 Å². The Morgan fingerprint density at radius 2 is 1.76 bits per heavy atom. The zero-order valence-corrected chi connectivity index (χ0v) is 17.2. The van der Waals surface area contributed by atoms with E-state index >= 15 is 0 Å². The molecule has 2 aromatic carbocycles. The highest BCUT2D eigenvalue weighted by atomic mass is 35.5. The van der Waals surface area contributed by atoms with Gasteiger partial charge in [0.1, 0.15) is 0 Å². The number of fused-ring (bicyclic) bond motifs is 1. The van der Waals surface area contributed by atoms with Gasteiger partial charge in [0.2, 0.25) is 0 Å². The Morgan fingerprint density at radius 1 is 1.07 bits per heavy atom. The Kier molecular flexibility index (Phi) is 6.99. The number of ether oxygens (including phenoxy) is 3. The van der Waals surface area contributed by atoms with Gasteiger partial charge in [0, 0.05) is 23.2 Å². The number of anilines is 1. The Hall–Kier alpha value is -2.73. The molecule has 0 radical (unpaired) electrons. The fourth-order valence-corrected chi connectivity index (χ4v) is 3.25. The molecule has 1 amide bonds. The molecule has 0 spiro atoms. The lowest BCUT2D eigenvalue weighted by molar-refractivity contribution is -0.149. The van der Waals surface area contributed by atoms with Crippen molar-refractivity contribution in [1.82, 2.24) is 0 Å². The van der Waals surface area contributed by atoms with E-state index in [1.165, 1.54) is 0 Å². The maximum atomic E-state index is 12.6. The SMILES string of the molecule is CC(C)[C@H](C(=O)OCC(=O)Nc1ccc2c(c1)OCCCO2)c1ccc(Cl)cc1. The lowest BCUT2D eigenvalue weighted by Gasteiger charge is -2.20. The van der Waals surface area contributed by atoms with Gasteiger partial charge in [0.25, 0.3) is 5.91 Å². The topological polar surface area (TPSA) is 73.9 Å². The van der Waals surface area contributed by atoms with E-state index in [0.29, 0.717) is 35.4 Å². The summed E-state index contributed by atoms with van der Waals surface area (Å²) < 4.78 is 16.5. The molecular formula is C22H24ClNO5. The molecule has 154 valence electrons. The van der Waals surface area contributed by atoms with Crippen LogP contribution in [-0.4, -0.2) is 31.7 Å². The van der Waals surface area contributed by atoms with Crippen molar-refractivity contribution in [3.63, 3.8) is 0 Å². The number of carbonyl (C=O) groups is 2. The lowest BCUT2D eigenvalue weighted by atomic mass is 9.88. The van der Waals surface area contributed by atoms with Crippen molar-refractivity contribution in [2.45, 2.75) is 26.2 Å². The molecule has 1 N–H and O–H groups in total. The minimum Gasteiger partial charge on any atom is -0.490 e. The molecule has 1 aliphatic rings. The van der Waals surface area contributed by atoms with Gasteiger partial charge in [-0.05, 0) is 35.7 Å². The monoisotopic (exact) mass is 417 g/mol. The number of halogens is 1. The van der Waals surface area contributed by atoms with Crippen LogP contribution in [0.3, 0.4) is 0 Å². The molecule has 0 bridgehead atoms. The van der Waals surface area contributed by atoms with E-state index in [0.717, 1.165) is 12.0 Å². The van der Waals surface area contributed by atoms with Gasteiger partial charge in [-0.2, -0.15) is 0 Å². The average Bonchev–Trinajstić information content (AvgIpc) is 2.93. The van der Waals surface area contributed by atoms with E-state index in [-0.39, 0.29) is 12.5 Å². The standard InChI is InChI=1S/C22H24ClNO5/c1-14(2)21(15-4-6-16(23)7-5-15)22(26)29-13-20(25)24-17-8-9-18-19(12-17)28-11-3-10-27-18/h4-9,12,14,21H,3,10-11,13H2,1-2H3,(H,24,25)/t21-/m0/s1. The van der Waals surface area contributed by atoms with Gasteiger partial charge in [0.15, 0.2) is 18.1 Å². The molecule has 0 unspecified atom stereocenters. The Morgan fingerprint density at radius 3 is 2.45 bits per heavy atom. The van der Waals surface area contributed by atoms with Crippen molar-refractivity contribution in [3.05, 3.63) is 53.1 Å². The molecule has 1 aliphatic heterocycles. The molecule has 1 heterocycles. The predicted octanol–water partition coefficient (Wildman–Crippen LogP) is 4.42. The first-order valence-corrected chi connectivity index (χ1v) is 9.93. The molecule has 29 heavy (non-hydrogen) atoms. The zero-order chi connectivity index (χ0) is 20.8. The van der Waals surface area contributed by atoms with Crippen LogP contribution in [0.2, 0.25) is 5.02 Å². The van der Waals surface area contributed by atoms with Crippen LogP contribution in [0.25, 0.3) is 0 Å². The normalized spacial score (nSPS) is 14.1. The van der Waals surface area contributed by atoms with Crippen molar-refractivity contribution in [2.75, 3.05) is 25.1 Å². The maximum absolute atomic E-state index is 12.6. The van der Waals surface area contributed by atoms with Gasteiger partial charge >= 0.3 is 5.97 Å². The van der Waals surface area contributed by atoms with E-state index < -0.39 is 17.8 Å². The minimum atomic E-state index is -0.474. The van der Waals surface area contributed by atoms with Crippen molar-refractivity contribution in [2.24, 2.45) is 5.92 Å². The second kappa shape index (κ2) is 9.65. The first kappa shape index (κ1) is 21.0. The quantitative estimate of drug-likeness (QED) is 0.704. The second-order valence-corrected chi connectivity index (χ2v) is 7.58. The predicted molar refractivity (Wildman–Crippen MR) is 111 cm³/mol. The number of hydrogen-bond acceptors (Lipinski definition) is 5. The summed E-state index contributed by atoms with van der Waals surface area (Å²) in [7, 11) is 0. The first-order valence-electron chi connectivity index (χ1n) is 9.55. The average molecular weight is 418 g/mol. The number of nitrogens with one attached hydrogen (secondary N) is 1. The van der Waals surface area contributed by atoms with Gasteiger partial charge in [-0.1, -0.05) is 37.6 Å². The minimum absolute atomic E-state index is 0.00784. The first-order chi connectivity index (χ1) is 13.9. The summed E-state index contributed by atoms with van der Waals surface area (Å²) in [6, 6.07) is 12.2. The van der Waals surface area contributed by atoms with E-state index in [2.05, 4.69) is 5.32 Å². The van der Waals surface area contributed by atoms with Gasteiger partial charge in [-0.3, -0.25) is 9.59 Å². The van der Waals surface area contributed by atoms with Gasteiger partial charge in [-0.25, -0.2) is 0 Å². The number of benzene rings is 2. The number of amides is 1. The Labute approximate surface area is 175 Å². The number of esters is 1. The molecule has 0 fully saturated rings. The van der Waals surface area contributed by atoms with E-state index in [1.807, 2.05) is 13.8 Å². The number of carbonyl (C=O) groups excluding carboxylic acids is 2. The van der Waals surface area contributed by atoms with Gasteiger partial charge in [-0.15, -0.1) is 0 Å². The van der Waals surface area contributed by atoms with Crippen molar-refractivity contribution in [1.29, 1.82) is 0 Å². The third-order valence-electron chi connectivity index (χ3n) is 4.53. The van der Waals surface area contributed by atoms with E-state index in [4.69, 9.17) is 25.8 Å². The molecule has 0 saturated carbocycles. The van der Waals surface area contributed by atoms with Crippen molar-refractivity contribution in [3.8, 4) is 11.5 Å². The zero-order valence-electron chi connectivity index (χ0n) is 16.4. The summed E-state index contributed by atoms with van der Waals surface area (Å²) in [6.07, 6.45) is 0.803. The van der Waals surface area contributed by atoms with Crippen LogP contribution in [-0.2, 0) is 14.3 Å². The van der Waals surface area contributed by atoms with Crippen LogP contribution in [0.1, 0.15) is 31.7 Å². The molecule has 0 aromatic heterocycles. The summed E-state index contributed by atoms with van der Waals surface area (Å²) >= 11 is 5.92. The maximum Gasteiger partial charge on any atom is 0.314 e. The van der Waals surface area contributed by atoms with Crippen LogP contribution < -0.4 is 14.8 Å². The summed E-state index contributed by atoms with van der Waals surface area (Å²) in [4.78, 5) is 24.8. The third kappa shape index (κ3) is 5.64. The van der Waals surface area contributed by atoms with Crippen LogP contribution in [0.4, 0.5) is 5.69 Å². The highest BCUT2D eigenvalue weighted by Gasteiger charge is 2.26. The summed E-state index contributed by atoms with van der Waals surface area (Å²) in [5, 5.41) is 3.31. The summed E-state index contributed by atoms with van der Waals surface area (Å²) in [5.41, 5.74) is 1.35. The number of rotatable bonds is 6. The summed E-state index contributed by atoms with van der Waals surface area (Å²) in [5.74, 6) is -0.108. The van der Waals surface area contributed by atoms with E-state index in [1.54, 1.807) is 42.5 Å². The van der Waals surface area contributed by atoms with Crippen LogP contribution in [0.5, 0.6) is 11.5 Å². The second-order valence-electron chi connectivity index (χ2n) is 7.14. The highest BCUT2D eigenvalue weighted by Crippen LogP contribution is 2.32. The fraction of sp³-hybridized carbons (Fsp3) is 0.364. The Balaban J connectivity index is 1.58. The molecule has 2 aromatic rings. The molecule has 1 atom stereocenters. The van der Waals surface area contributed by atoms with Gasteiger partial charge in [0.05, 0.1) is 19.1 Å². The summed E-state index contributed by atoms with van der Waals surface area (Å²) in [6.45, 7) is 4.64. The smallest absolute Gasteiger partial charge is 0.314 e.